The van der Waals surface area contributed by atoms with Crippen molar-refractivity contribution in [1.82, 2.24) is 15.0 Å². The van der Waals surface area contributed by atoms with Gasteiger partial charge < -0.3 is 10.3 Å². The Kier molecular flexibility index (Phi) is 5.19. The average molecular weight is 396 g/mol. The zero-order valence-corrected chi connectivity index (χ0v) is 17.3. The second-order valence-corrected chi connectivity index (χ2v) is 8.20. The molecular weight excluding hydrogens is 372 g/mol. The minimum Gasteiger partial charge on any atom is -0.345 e. The summed E-state index contributed by atoms with van der Waals surface area (Å²) in [5.41, 5.74) is 5.34. The molecule has 5 heteroatoms. The number of aromatic amines is 1. The highest BCUT2D eigenvalue weighted by atomic mass is 16.1. The fraction of sp³-hybridized carbons (Fsp3) is 0.160. The molecule has 0 spiro atoms. The zero-order chi connectivity index (χ0) is 21.1. The van der Waals surface area contributed by atoms with Gasteiger partial charge in [-0.15, -0.1) is 0 Å². The molecule has 0 aliphatic heterocycles. The number of hydrogen-bond acceptors (Lipinski definition) is 3. The van der Waals surface area contributed by atoms with E-state index in [1.54, 1.807) is 18.6 Å². The van der Waals surface area contributed by atoms with E-state index in [9.17, 15) is 4.79 Å². The normalized spacial score (nSPS) is 11.3. The fourth-order valence-corrected chi connectivity index (χ4v) is 3.28. The van der Waals surface area contributed by atoms with Crippen LogP contribution in [0.5, 0.6) is 0 Å². The maximum absolute atomic E-state index is 12.7. The summed E-state index contributed by atoms with van der Waals surface area (Å²) in [7, 11) is 0. The van der Waals surface area contributed by atoms with Crippen molar-refractivity contribution in [3.63, 3.8) is 0 Å². The molecule has 2 aromatic heterocycles. The Labute approximate surface area is 176 Å². The van der Waals surface area contributed by atoms with Crippen LogP contribution >= 0.6 is 0 Å². The first kappa shape index (κ1) is 19.6. The number of H-pyrrole nitrogens is 1. The lowest BCUT2D eigenvalue weighted by molar-refractivity contribution is 0.102. The number of carbonyl (C=O) groups excluding carboxylic acids is 1. The number of nitrogens with one attached hydrogen (secondary N) is 2. The molecule has 0 aliphatic rings. The third kappa shape index (κ3) is 4.15. The molecule has 1 amide bonds. The monoisotopic (exact) mass is 396 g/mol. The predicted molar refractivity (Wildman–Crippen MR) is 120 cm³/mol. The van der Waals surface area contributed by atoms with Crippen molar-refractivity contribution < 1.29 is 4.79 Å². The van der Waals surface area contributed by atoms with Gasteiger partial charge in [0.2, 0.25) is 0 Å². The second-order valence-electron chi connectivity index (χ2n) is 8.20. The summed E-state index contributed by atoms with van der Waals surface area (Å²) in [6.45, 7) is 6.50. The van der Waals surface area contributed by atoms with E-state index in [2.05, 4.69) is 53.2 Å². The number of hydrogen-bond donors (Lipinski definition) is 2. The largest absolute Gasteiger partial charge is 0.345 e. The quantitative estimate of drug-likeness (QED) is 0.466. The molecule has 0 radical (unpaired) electrons. The van der Waals surface area contributed by atoms with Crippen LogP contribution in [0.4, 0.5) is 5.69 Å². The highest BCUT2D eigenvalue weighted by Crippen LogP contribution is 2.28. The number of amides is 1. The third-order valence-corrected chi connectivity index (χ3v) is 4.99. The molecule has 4 aromatic rings. The number of benzene rings is 2. The van der Waals surface area contributed by atoms with Gasteiger partial charge in [0.1, 0.15) is 5.82 Å². The van der Waals surface area contributed by atoms with Gasteiger partial charge in [0, 0.05) is 41.0 Å². The Morgan fingerprint density at radius 1 is 0.900 bits per heavy atom. The van der Waals surface area contributed by atoms with Crippen LogP contribution in [0.1, 0.15) is 36.7 Å². The summed E-state index contributed by atoms with van der Waals surface area (Å²) in [5.74, 6) is 0.621. The van der Waals surface area contributed by atoms with Gasteiger partial charge >= 0.3 is 0 Å². The van der Waals surface area contributed by atoms with Crippen LogP contribution < -0.4 is 5.32 Å². The van der Waals surface area contributed by atoms with E-state index in [1.807, 2.05) is 48.5 Å². The van der Waals surface area contributed by atoms with Gasteiger partial charge in [0.15, 0.2) is 0 Å². The molecule has 0 saturated carbocycles. The first-order valence-electron chi connectivity index (χ1n) is 9.89. The Balaban J connectivity index is 1.53. The van der Waals surface area contributed by atoms with Crippen LogP contribution in [0.2, 0.25) is 0 Å². The number of rotatable bonds is 4. The van der Waals surface area contributed by atoms with Crippen LogP contribution in [0.15, 0.2) is 79.3 Å². The van der Waals surface area contributed by atoms with Gasteiger partial charge in [-0.2, -0.15) is 0 Å². The van der Waals surface area contributed by atoms with Gasteiger partial charge in [0.05, 0.1) is 5.69 Å². The third-order valence-electron chi connectivity index (χ3n) is 4.99. The van der Waals surface area contributed by atoms with Crippen LogP contribution in [-0.4, -0.2) is 20.9 Å². The summed E-state index contributed by atoms with van der Waals surface area (Å²) >= 11 is 0. The number of anilines is 1. The SMILES string of the molecule is CC(C)(C)c1ccc(NC(=O)c2ccc(-c3ncccc3-c3ncc[nH]3)cc2)cc1. The molecule has 5 nitrogen and oxygen atoms in total. The van der Waals surface area contributed by atoms with E-state index in [4.69, 9.17) is 0 Å². The van der Waals surface area contributed by atoms with Gasteiger partial charge in [0.25, 0.3) is 5.91 Å². The molecule has 0 unspecified atom stereocenters. The van der Waals surface area contributed by atoms with Crippen molar-refractivity contribution in [3.8, 4) is 22.6 Å². The molecule has 0 saturated heterocycles. The number of carbonyl (C=O) groups is 1. The van der Waals surface area contributed by atoms with Crippen molar-refractivity contribution >= 4 is 11.6 Å². The number of nitrogens with zero attached hydrogens (tertiary/aromatic N) is 2. The van der Waals surface area contributed by atoms with Gasteiger partial charge in [-0.25, -0.2) is 4.98 Å². The highest BCUT2D eigenvalue weighted by molar-refractivity contribution is 6.04. The molecular formula is C25H24N4O. The molecule has 0 atom stereocenters. The second kappa shape index (κ2) is 7.95. The van der Waals surface area contributed by atoms with E-state index >= 15 is 0 Å². The maximum atomic E-state index is 12.7. The topological polar surface area (TPSA) is 70.7 Å². The average Bonchev–Trinajstić information content (AvgIpc) is 3.28. The minimum absolute atomic E-state index is 0.0817. The molecule has 4 rings (SSSR count). The lowest BCUT2D eigenvalue weighted by Gasteiger charge is -2.19. The van der Waals surface area contributed by atoms with Crippen LogP contribution in [0.25, 0.3) is 22.6 Å². The van der Waals surface area contributed by atoms with E-state index in [-0.39, 0.29) is 11.3 Å². The van der Waals surface area contributed by atoms with Crippen LogP contribution in [0, 0.1) is 0 Å². The summed E-state index contributed by atoms with van der Waals surface area (Å²) in [5, 5.41) is 2.96. The Hall–Kier alpha value is -3.73. The summed E-state index contributed by atoms with van der Waals surface area (Å²) < 4.78 is 0. The molecule has 0 aliphatic carbocycles. The summed E-state index contributed by atoms with van der Waals surface area (Å²) in [6, 6.07) is 19.3. The first-order chi connectivity index (χ1) is 14.4. The van der Waals surface area contributed by atoms with E-state index in [1.165, 1.54) is 5.56 Å². The van der Waals surface area contributed by atoms with Gasteiger partial charge in [-0.05, 0) is 47.4 Å². The van der Waals surface area contributed by atoms with Crippen molar-refractivity contribution in [3.05, 3.63) is 90.4 Å². The van der Waals surface area contributed by atoms with Gasteiger partial charge in [-0.3, -0.25) is 9.78 Å². The molecule has 30 heavy (non-hydrogen) atoms. The Bertz CT molecular complexity index is 1140. The summed E-state index contributed by atoms with van der Waals surface area (Å²) in [4.78, 5) is 24.6. The van der Waals surface area contributed by atoms with Crippen molar-refractivity contribution in [2.75, 3.05) is 5.32 Å². The fourth-order valence-electron chi connectivity index (χ4n) is 3.28. The maximum Gasteiger partial charge on any atom is 0.255 e. The van der Waals surface area contributed by atoms with Crippen molar-refractivity contribution in [1.29, 1.82) is 0 Å². The molecule has 0 bridgehead atoms. The summed E-state index contributed by atoms with van der Waals surface area (Å²) in [6.07, 6.45) is 5.25. The van der Waals surface area contributed by atoms with E-state index in [0.717, 1.165) is 28.3 Å². The predicted octanol–water partition coefficient (Wildman–Crippen LogP) is 5.69. The standard InChI is InChI=1S/C25H24N4O/c1-25(2,3)19-10-12-20(13-11-19)29-24(30)18-8-6-17(7-9-18)22-21(5-4-14-26-22)23-27-15-16-28-23/h4-16H,1-3H3,(H,27,28)(H,29,30). The minimum atomic E-state index is -0.141. The highest BCUT2D eigenvalue weighted by Gasteiger charge is 2.14. The molecule has 2 heterocycles. The molecule has 0 fully saturated rings. The van der Waals surface area contributed by atoms with Crippen molar-refractivity contribution in [2.24, 2.45) is 0 Å². The molecule has 2 aromatic carbocycles. The smallest absolute Gasteiger partial charge is 0.255 e. The molecule has 2 N–H and O–H groups in total. The van der Waals surface area contributed by atoms with E-state index < -0.39 is 0 Å². The zero-order valence-electron chi connectivity index (χ0n) is 17.3. The van der Waals surface area contributed by atoms with Crippen LogP contribution in [-0.2, 0) is 5.41 Å². The van der Waals surface area contributed by atoms with E-state index in [0.29, 0.717) is 5.56 Å². The number of imidazole rings is 1. The first-order valence-corrected chi connectivity index (χ1v) is 9.89. The van der Waals surface area contributed by atoms with Crippen molar-refractivity contribution in [2.45, 2.75) is 26.2 Å². The lowest BCUT2D eigenvalue weighted by Crippen LogP contribution is -2.13. The Morgan fingerprint density at radius 3 is 2.27 bits per heavy atom. The van der Waals surface area contributed by atoms with Gasteiger partial charge in [-0.1, -0.05) is 45.0 Å². The lowest BCUT2D eigenvalue weighted by atomic mass is 9.87. The van der Waals surface area contributed by atoms with Crippen LogP contribution in [0.3, 0.4) is 0 Å². The number of pyridine rings is 1. The Morgan fingerprint density at radius 2 is 1.63 bits per heavy atom. The molecule has 150 valence electrons. The number of aromatic nitrogens is 3.